The van der Waals surface area contributed by atoms with Crippen LogP contribution in [0.1, 0.15) is 30.7 Å². The van der Waals surface area contributed by atoms with Crippen LogP contribution in [0.4, 0.5) is 10.2 Å². The number of anilines is 1. The molecule has 2 rings (SSSR count). The van der Waals surface area contributed by atoms with E-state index in [4.69, 9.17) is 0 Å². The zero-order valence-corrected chi connectivity index (χ0v) is 18.7. The van der Waals surface area contributed by atoms with Gasteiger partial charge in [0.2, 0.25) is 5.91 Å². The molecule has 0 aliphatic rings. The lowest BCUT2D eigenvalue weighted by molar-refractivity contribution is -0.136. The van der Waals surface area contributed by atoms with Crippen LogP contribution in [0.3, 0.4) is 0 Å². The molecule has 168 valence electrons. The van der Waals surface area contributed by atoms with Gasteiger partial charge in [0, 0.05) is 18.2 Å². The molecule has 0 fully saturated rings. The van der Waals surface area contributed by atoms with Crippen molar-refractivity contribution >= 4 is 23.4 Å². The van der Waals surface area contributed by atoms with E-state index in [0.29, 0.717) is 40.5 Å². The molecule has 0 radical (unpaired) electrons. The van der Waals surface area contributed by atoms with Crippen molar-refractivity contribution in [3.8, 4) is 0 Å². The first-order valence-corrected chi connectivity index (χ1v) is 9.92. The lowest BCUT2D eigenvalue weighted by Gasteiger charge is -2.11. The van der Waals surface area contributed by atoms with Crippen molar-refractivity contribution in [1.82, 2.24) is 15.3 Å². The molecule has 0 saturated heterocycles. The number of methoxy groups -OCH3 is 1. The molecule has 8 heteroatoms. The van der Waals surface area contributed by atoms with E-state index in [2.05, 4.69) is 31.9 Å². The van der Waals surface area contributed by atoms with E-state index in [9.17, 15) is 14.0 Å². The highest BCUT2D eigenvalue weighted by atomic mass is 19.1. The van der Waals surface area contributed by atoms with Gasteiger partial charge in [0.25, 0.3) is 0 Å². The molecule has 1 amide bonds. The summed E-state index contributed by atoms with van der Waals surface area (Å²) in [5, 5.41) is 5.87. The van der Waals surface area contributed by atoms with E-state index >= 15 is 0 Å². The van der Waals surface area contributed by atoms with Crippen LogP contribution >= 0.6 is 0 Å². The molecule has 0 saturated carbocycles. The largest absolute Gasteiger partial charge is 0.466 e. The molecule has 0 bridgehead atoms. The second-order valence-corrected chi connectivity index (χ2v) is 7.28. The van der Waals surface area contributed by atoms with Gasteiger partial charge >= 0.3 is 5.97 Å². The van der Waals surface area contributed by atoms with Crippen molar-refractivity contribution in [3.05, 3.63) is 83.1 Å². The van der Waals surface area contributed by atoms with Gasteiger partial charge in [-0.25, -0.2) is 19.2 Å². The topological polar surface area (TPSA) is 93.2 Å². The molecular weight excluding hydrogens is 411 g/mol. The number of carbonyl (C=O) groups excluding carboxylic acids is 2. The first-order valence-electron chi connectivity index (χ1n) is 9.92. The molecule has 1 aromatic heterocycles. The van der Waals surface area contributed by atoms with Gasteiger partial charge in [-0.1, -0.05) is 36.4 Å². The molecule has 0 spiro atoms. The first kappa shape index (κ1) is 24.5. The summed E-state index contributed by atoms with van der Waals surface area (Å²) in [4.78, 5) is 32.0. The summed E-state index contributed by atoms with van der Waals surface area (Å²) in [5.41, 5.74) is 3.74. The molecule has 1 aromatic carbocycles. The number of rotatable bonds is 9. The number of aromatic nitrogens is 2. The summed E-state index contributed by atoms with van der Waals surface area (Å²) in [7, 11) is 1.34. The van der Waals surface area contributed by atoms with Gasteiger partial charge in [0.15, 0.2) is 0 Å². The Balaban J connectivity index is 1.95. The Kier molecular flexibility index (Phi) is 8.83. The van der Waals surface area contributed by atoms with Crippen molar-refractivity contribution in [2.75, 3.05) is 19.0 Å². The van der Waals surface area contributed by atoms with E-state index in [1.165, 1.54) is 19.5 Å². The van der Waals surface area contributed by atoms with Crippen LogP contribution in [-0.2, 0) is 20.7 Å². The summed E-state index contributed by atoms with van der Waals surface area (Å²) in [6, 6.07) is 6.18. The molecule has 0 unspecified atom stereocenters. The van der Waals surface area contributed by atoms with Crippen molar-refractivity contribution < 1.29 is 18.7 Å². The number of esters is 1. The van der Waals surface area contributed by atoms with Crippen LogP contribution in [0, 0.1) is 12.7 Å². The average Bonchev–Trinajstić information content (AvgIpc) is 2.77. The second-order valence-electron chi connectivity index (χ2n) is 7.28. The van der Waals surface area contributed by atoms with Crippen LogP contribution in [-0.4, -0.2) is 35.5 Å². The Morgan fingerprint density at radius 3 is 2.62 bits per heavy atom. The molecule has 2 aromatic rings. The predicted octanol–water partition coefficient (Wildman–Crippen LogP) is 3.73. The Morgan fingerprint density at radius 2 is 1.94 bits per heavy atom. The standard InChI is InChI=1S/C24H27FN4O3/c1-15(6-7-16(2)24(31)32-5)13-26-18(4)21-12-22(28-14-27-21)29-23(30)11-19-8-9-20(25)17(3)10-19/h6-10,12,14,26H,4,11,13H2,1-3,5H3,(H,27,28,29,30)/b15-6+,16-7+. The highest BCUT2D eigenvalue weighted by Crippen LogP contribution is 2.13. The molecule has 0 atom stereocenters. The van der Waals surface area contributed by atoms with E-state index < -0.39 is 0 Å². The monoisotopic (exact) mass is 438 g/mol. The quantitative estimate of drug-likeness (QED) is 0.352. The van der Waals surface area contributed by atoms with E-state index in [1.807, 2.05) is 13.0 Å². The fourth-order valence-corrected chi connectivity index (χ4v) is 2.67. The Morgan fingerprint density at radius 1 is 1.19 bits per heavy atom. The van der Waals surface area contributed by atoms with Crippen molar-refractivity contribution in [3.63, 3.8) is 0 Å². The van der Waals surface area contributed by atoms with E-state index in [1.54, 1.807) is 38.1 Å². The number of halogens is 1. The predicted molar refractivity (Wildman–Crippen MR) is 122 cm³/mol. The van der Waals surface area contributed by atoms with Gasteiger partial charge < -0.3 is 15.4 Å². The third-order valence-corrected chi connectivity index (χ3v) is 4.54. The molecule has 1 heterocycles. The summed E-state index contributed by atoms with van der Waals surface area (Å²) < 4.78 is 18.0. The number of benzene rings is 1. The molecule has 32 heavy (non-hydrogen) atoms. The summed E-state index contributed by atoms with van der Waals surface area (Å²) in [6.07, 6.45) is 4.94. The highest BCUT2D eigenvalue weighted by Gasteiger charge is 2.09. The van der Waals surface area contributed by atoms with Crippen LogP contribution in [0.2, 0.25) is 0 Å². The zero-order valence-electron chi connectivity index (χ0n) is 18.7. The van der Waals surface area contributed by atoms with Gasteiger partial charge in [-0.15, -0.1) is 0 Å². The third-order valence-electron chi connectivity index (χ3n) is 4.54. The smallest absolute Gasteiger partial charge is 0.333 e. The third kappa shape index (κ3) is 7.46. The lowest BCUT2D eigenvalue weighted by Crippen LogP contribution is -2.17. The van der Waals surface area contributed by atoms with Crippen molar-refractivity contribution in [2.45, 2.75) is 27.2 Å². The Labute approximate surface area is 187 Å². The van der Waals surface area contributed by atoms with Crippen molar-refractivity contribution in [1.29, 1.82) is 0 Å². The maximum absolute atomic E-state index is 13.4. The van der Waals surface area contributed by atoms with Crippen molar-refractivity contribution in [2.24, 2.45) is 0 Å². The summed E-state index contributed by atoms with van der Waals surface area (Å²) >= 11 is 0. The minimum atomic E-state index is -0.378. The van der Waals surface area contributed by atoms with Crippen LogP contribution < -0.4 is 10.6 Å². The second kappa shape index (κ2) is 11.5. The maximum Gasteiger partial charge on any atom is 0.333 e. The number of nitrogens with zero attached hydrogens (tertiary/aromatic N) is 2. The van der Waals surface area contributed by atoms with Gasteiger partial charge in [-0.2, -0.15) is 0 Å². The number of carbonyl (C=O) groups is 2. The minimum absolute atomic E-state index is 0.0994. The fraction of sp³-hybridized carbons (Fsp3) is 0.250. The number of ether oxygens (including phenoxy) is 1. The van der Waals surface area contributed by atoms with Crippen LogP contribution in [0.5, 0.6) is 0 Å². The van der Waals surface area contributed by atoms with E-state index in [0.717, 1.165) is 5.57 Å². The average molecular weight is 439 g/mol. The van der Waals surface area contributed by atoms with Crippen LogP contribution in [0.25, 0.3) is 5.70 Å². The minimum Gasteiger partial charge on any atom is -0.466 e. The first-order chi connectivity index (χ1) is 15.2. The summed E-state index contributed by atoms with van der Waals surface area (Å²) in [5.74, 6) is -0.617. The normalized spacial score (nSPS) is 11.7. The maximum atomic E-state index is 13.4. The SMILES string of the molecule is C=C(NC/C(C)=C/C=C(\C)C(=O)OC)c1cc(NC(=O)Cc2ccc(F)c(C)c2)ncn1. The fourth-order valence-electron chi connectivity index (χ4n) is 2.67. The number of hydrogen-bond acceptors (Lipinski definition) is 6. The molecule has 0 aliphatic heterocycles. The highest BCUT2D eigenvalue weighted by molar-refractivity contribution is 5.91. The lowest BCUT2D eigenvalue weighted by atomic mass is 10.1. The van der Waals surface area contributed by atoms with Gasteiger partial charge in [-0.05, 0) is 38.0 Å². The summed E-state index contributed by atoms with van der Waals surface area (Å²) in [6.45, 7) is 9.69. The zero-order chi connectivity index (χ0) is 23.7. The Hall–Kier alpha value is -3.81. The number of nitrogens with one attached hydrogen (secondary N) is 2. The molecule has 0 aliphatic carbocycles. The number of aryl methyl sites for hydroxylation is 1. The Bertz CT molecular complexity index is 1080. The number of hydrogen-bond donors (Lipinski definition) is 2. The van der Waals surface area contributed by atoms with Gasteiger partial charge in [0.1, 0.15) is 18.0 Å². The number of allylic oxidation sites excluding steroid dienone is 2. The van der Waals surface area contributed by atoms with Gasteiger partial charge in [-0.3, -0.25) is 4.79 Å². The molecular formula is C24H27FN4O3. The molecule has 7 nitrogen and oxygen atoms in total. The van der Waals surface area contributed by atoms with E-state index in [-0.39, 0.29) is 24.1 Å². The van der Waals surface area contributed by atoms with Gasteiger partial charge in [0.05, 0.1) is 24.9 Å². The number of amides is 1. The van der Waals surface area contributed by atoms with Crippen LogP contribution in [0.15, 0.2) is 60.5 Å². The molecule has 2 N–H and O–H groups in total.